The van der Waals surface area contributed by atoms with Crippen molar-refractivity contribution in [3.05, 3.63) is 11.4 Å². The fourth-order valence-electron chi connectivity index (χ4n) is 1.68. The van der Waals surface area contributed by atoms with Gasteiger partial charge in [0.25, 0.3) is 0 Å². The smallest absolute Gasteiger partial charge is 0.226 e. The summed E-state index contributed by atoms with van der Waals surface area (Å²) in [5.74, 6) is 1.50. The largest absolute Gasteiger partial charge is 0.394 e. The van der Waals surface area contributed by atoms with Gasteiger partial charge in [0.1, 0.15) is 10.6 Å². The van der Waals surface area contributed by atoms with Gasteiger partial charge in [0.05, 0.1) is 18.0 Å². The van der Waals surface area contributed by atoms with Gasteiger partial charge in [-0.15, -0.1) is 11.3 Å². The molecule has 0 amide bonds. The van der Waals surface area contributed by atoms with E-state index in [1.54, 1.807) is 11.3 Å². The number of fused-ring (bicyclic) bond motifs is 1. The van der Waals surface area contributed by atoms with Crippen LogP contribution in [0.2, 0.25) is 0 Å². The minimum absolute atomic E-state index is 0.0254. The van der Waals surface area contributed by atoms with Crippen molar-refractivity contribution in [1.29, 1.82) is 0 Å². The van der Waals surface area contributed by atoms with Crippen molar-refractivity contribution < 1.29 is 5.11 Å². The maximum absolute atomic E-state index is 9.26. The van der Waals surface area contributed by atoms with E-state index in [0.717, 1.165) is 22.6 Å². The van der Waals surface area contributed by atoms with Crippen LogP contribution in [0.5, 0.6) is 0 Å². The molecular formula is C12H18N4OS. The fourth-order valence-corrected chi connectivity index (χ4v) is 2.44. The molecule has 0 aliphatic heterocycles. The number of rotatable bonds is 5. The molecule has 98 valence electrons. The van der Waals surface area contributed by atoms with Gasteiger partial charge in [-0.1, -0.05) is 0 Å². The molecule has 0 aliphatic carbocycles. The van der Waals surface area contributed by atoms with Crippen LogP contribution in [-0.4, -0.2) is 41.3 Å². The highest BCUT2D eigenvalue weighted by molar-refractivity contribution is 7.16. The van der Waals surface area contributed by atoms with Crippen LogP contribution in [0.25, 0.3) is 10.2 Å². The predicted molar refractivity (Wildman–Crippen MR) is 76.5 cm³/mol. The van der Waals surface area contributed by atoms with Gasteiger partial charge in [0.15, 0.2) is 0 Å². The Morgan fingerprint density at radius 2 is 2.28 bits per heavy atom. The Kier molecular flexibility index (Phi) is 3.98. The second kappa shape index (κ2) is 5.49. The average Bonchev–Trinajstić information content (AvgIpc) is 2.84. The summed E-state index contributed by atoms with van der Waals surface area (Å²) in [4.78, 5) is 11.9. The van der Waals surface area contributed by atoms with Crippen molar-refractivity contribution in [2.45, 2.75) is 19.9 Å². The molecule has 1 unspecified atom stereocenters. The van der Waals surface area contributed by atoms with Crippen LogP contribution in [0, 0.1) is 0 Å². The SMILES string of the molecule is CCNc1nc(N(C)C(C)CO)c2ccsc2n1. The van der Waals surface area contributed by atoms with Crippen LogP contribution < -0.4 is 10.2 Å². The number of aromatic nitrogens is 2. The maximum atomic E-state index is 9.26. The monoisotopic (exact) mass is 266 g/mol. The van der Waals surface area contributed by atoms with Crippen molar-refractivity contribution in [2.24, 2.45) is 0 Å². The molecule has 2 aromatic rings. The first kappa shape index (κ1) is 13.0. The van der Waals surface area contributed by atoms with Gasteiger partial charge in [0, 0.05) is 13.6 Å². The van der Waals surface area contributed by atoms with E-state index in [1.165, 1.54) is 0 Å². The van der Waals surface area contributed by atoms with E-state index in [4.69, 9.17) is 0 Å². The Bertz CT molecular complexity index is 528. The van der Waals surface area contributed by atoms with Gasteiger partial charge in [-0.2, -0.15) is 4.98 Å². The Morgan fingerprint density at radius 1 is 1.50 bits per heavy atom. The van der Waals surface area contributed by atoms with E-state index in [-0.39, 0.29) is 12.6 Å². The molecule has 0 aromatic carbocycles. The molecule has 0 saturated carbocycles. The third-order valence-electron chi connectivity index (χ3n) is 2.90. The van der Waals surface area contributed by atoms with Crippen molar-refractivity contribution >= 4 is 33.3 Å². The van der Waals surface area contributed by atoms with Gasteiger partial charge in [0.2, 0.25) is 5.95 Å². The number of nitrogens with one attached hydrogen (secondary N) is 1. The topological polar surface area (TPSA) is 61.3 Å². The molecule has 6 heteroatoms. The van der Waals surface area contributed by atoms with Crippen LogP contribution >= 0.6 is 11.3 Å². The normalized spacial score (nSPS) is 12.7. The summed E-state index contributed by atoms with van der Waals surface area (Å²) in [6.07, 6.45) is 0. The van der Waals surface area contributed by atoms with Crippen LogP contribution in [0.4, 0.5) is 11.8 Å². The zero-order valence-electron chi connectivity index (χ0n) is 10.8. The summed E-state index contributed by atoms with van der Waals surface area (Å²) in [7, 11) is 1.94. The summed E-state index contributed by atoms with van der Waals surface area (Å²) >= 11 is 1.60. The zero-order valence-corrected chi connectivity index (χ0v) is 11.7. The van der Waals surface area contributed by atoms with Gasteiger partial charge in [-0.3, -0.25) is 0 Å². The highest BCUT2D eigenvalue weighted by Crippen LogP contribution is 2.29. The van der Waals surface area contributed by atoms with Crippen molar-refractivity contribution in [3.8, 4) is 0 Å². The van der Waals surface area contributed by atoms with Crippen LogP contribution in [-0.2, 0) is 0 Å². The zero-order chi connectivity index (χ0) is 13.1. The summed E-state index contributed by atoms with van der Waals surface area (Å²) < 4.78 is 0. The minimum Gasteiger partial charge on any atom is -0.394 e. The molecule has 0 radical (unpaired) electrons. The molecule has 0 aliphatic rings. The molecule has 0 spiro atoms. The number of anilines is 2. The van der Waals surface area contributed by atoms with Crippen molar-refractivity contribution in [3.63, 3.8) is 0 Å². The quantitative estimate of drug-likeness (QED) is 0.866. The maximum Gasteiger partial charge on any atom is 0.226 e. The highest BCUT2D eigenvalue weighted by atomic mass is 32.1. The number of aliphatic hydroxyl groups excluding tert-OH is 1. The van der Waals surface area contributed by atoms with Crippen LogP contribution in [0.1, 0.15) is 13.8 Å². The average molecular weight is 266 g/mol. The van der Waals surface area contributed by atoms with E-state index >= 15 is 0 Å². The molecule has 0 fully saturated rings. The number of hydrogen-bond donors (Lipinski definition) is 2. The summed E-state index contributed by atoms with van der Waals surface area (Å²) in [5, 5.41) is 15.4. The predicted octanol–water partition coefficient (Wildman–Crippen LogP) is 1.94. The molecule has 0 saturated heterocycles. The van der Waals surface area contributed by atoms with Crippen LogP contribution in [0.15, 0.2) is 11.4 Å². The van der Waals surface area contributed by atoms with E-state index in [9.17, 15) is 5.11 Å². The third-order valence-corrected chi connectivity index (χ3v) is 3.71. The second-order valence-electron chi connectivity index (χ2n) is 4.18. The summed E-state index contributed by atoms with van der Waals surface area (Å²) in [6.45, 7) is 4.87. The number of thiophene rings is 1. The number of hydrogen-bond acceptors (Lipinski definition) is 6. The minimum atomic E-state index is 0.0254. The van der Waals surface area contributed by atoms with E-state index in [2.05, 4.69) is 15.3 Å². The molecule has 0 bridgehead atoms. The van der Waals surface area contributed by atoms with Crippen LogP contribution in [0.3, 0.4) is 0 Å². The lowest BCUT2D eigenvalue weighted by Crippen LogP contribution is -2.32. The standard InChI is InChI=1S/C12H18N4OS/c1-4-13-12-14-10(16(3)8(2)7-17)9-5-6-18-11(9)15-12/h5-6,8,17H,4,7H2,1-3H3,(H,13,14,15). The Balaban J connectivity index is 2.49. The summed E-state index contributed by atoms with van der Waals surface area (Å²) in [6, 6.07) is 2.04. The van der Waals surface area contributed by atoms with E-state index < -0.39 is 0 Å². The Morgan fingerprint density at radius 3 is 2.94 bits per heavy atom. The Hall–Kier alpha value is -1.40. The third kappa shape index (κ3) is 2.39. The first-order valence-corrected chi connectivity index (χ1v) is 6.88. The lowest BCUT2D eigenvalue weighted by molar-refractivity contribution is 0.270. The first-order chi connectivity index (χ1) is 8.67. The highest BCUT2D eigenvalue weighted by Gasteiger charge is 2.16. The number of aliphatic hydroxyl groups is 1. The molecule has 18 heavy (non-hydrogen) atoms. The van der Waals surface area contributed by atoms with Gasteiger partial charge in [-0.05, 0) is 25.3 Å². The van der Waals surface area contributed by atoms with E-state index in [1.807, 2.05) is 37.2 Å². The van der Waals surface area contributed by atoms with Crippen molar-refractivity contribution in [1.82, 2.24) is 9.97 Å². The molecular weight excluding hydrogens is 248 g/mol. The lowest BCUT2D eigenvalue weighted by Gasteiger charge is -2.25. The number of nitrogens with zero attached hydrogens (tertiary/aromatic N) is 3. The fraction of sp³-hybridized carbons (Fsp3) is 0.500. The molecule has 2 rings (SSSR count). The first-order valence-electron chi connectivity index (χ1n) is 6.00. The molecule has 2 heterocycles. The van der Waals surface area contributed by atoms with Crippen molar-refractivity contribution in [2.75, 3.05) is 30.4 Å². The van der Waals surface area contributed by atoms with Gasteiger partial charge in [-0.25, -0.2) is 4.98 Å². The summed E-state index contributed by atoms with van der Waals surface area (Å²) in [5.41, 5.74) is 0. The molecule has 2 N–H and O–H groups in total. The molecule has 2 aromatic heterocycles. The van der Waals surface area contributed by atoms with Gasteiger partial charge >= 0.3 is 0 Å². The second-order valence-corrected chi connectivity index (χ2v) is 5.08. The molecule has 5 nitrogen and oxygen atoms in total. The van der Waals surface area contributed by atoms with E-state index in [0.29, 0.717) is 5.95 Å². The van der Waals surface area contributed by atoms with Gasteiger partial charge < -0.3 is 15.3 Å². The lowest BCUT2D eigenvalue weighted by atomic mass is 10.3. The molecule has 1 atom stereocenters. The Labute approximate surface area is 110 Å². The number of likely N-dealkylation sites (N-methyl/N-ethyl adjacent to an activating group) is 1.